The zero-order valence-electron chi connectivity index (χ0n) is 18.8. The lowest BCUT2D eigenvalue weighted by Gasteiger charge is -2.30. The van der Waals surface area contributed by atoms with Crippen molar-refractivity contribution < 1.29 is 23.9 Å². The summed E-state index contributed by atoms with van der Waals surface area (Å²) >= 11 is 0. The zero-order chi connectivity index (χ0) is 24.1. The van der Waals surface area contributed by atoms with E-state index in [4.69, 9.17) is 15.2 Å². The van der Waals surface area contributed by atoms with Gasteiger partial charge in [-0.25, -0.2) is 0 Å². The topological polar surface area (TPSA) is 124 Å². The molecule has 4 rings (SSSR count). The molecule has 0 saturated carbocycles. The number of esters is 1. The Morgan fingerprint density at radius 1 is 1.06 bits per heavy atom. The predicted molar refractivity (Wildman–Crippen MR) is 125 cm³/mol. The number of cyclic esters (lactones) is 1. The number of carbonyl (C=O) groups is 3. The van der Waals surface area contributed by atoms with Crippen molar-refractivity contribution in [2.75, 3.05) is 0 Å². The lowest BCUT2D eigenvalue weighted by Crippen LogP contribution is -2.63. The summed E-state index contributed by atoms with van der Waals surface area (Å²) in [6.07, 6.45) is -0.411. The molecule has 1 aliphatic rings. The fourth-order valence-corrected chi connectivity index (χ4v) is 3.94. The highest BCUT2D eigenvalue weighted by molar-refractivity contribution is 6.16. The first-order valence-corrected chi connectivity index (χ1v) is 11.0. The third-order valence-corrected chi connectivity index (χ3v) is 5.87. The summed E-state index contributed by atoms with van der Waals surface area (Å²) in [7, 11) is 0. The normalized spacial score (nSPS) is 19.4. The monoisotopic (exact) mass is 461 g/mol. The van der Waals surface area contributed by atoms with Gasteiger partial charge in [0.15, 0.2) is 5.54 Å². The van der Waals surface area contributed by atoms with Gasteiger partial charge in [0.05, 0.1) is 24.8 Å². The van der Waals surface area contributed by atoms with E-state index < -0.39 is 35.5 Å². The fraction of sp³-hybridized carbons (Fsp3) is 0.269. The molecule has 3 aromatic rings. The van der Waals surface area contributed by atoms with Crippen molar-refractivity contribution in [2.24, 2.45) is 5.73 Å². The average Bonchev–Trinajstić information content (AvgIpc) is 3.44. The van der Waals surface area contributed by atoms with Gasteiger partial charge in [-0.3, -0.25) is 19.7 Å². The Morgan fingerprint density at radius 3 is 2.35 bits per heavy atom. The number of H-pyrrole nitrogens is 1. The number of benzene rings is 2. The molecule has 4 N–H and O–H groups in total. The zero-order valence-corrected chi connectivity index (χ0v) is 18.8. The largest absolute Gasteiger partial charge is 0.434 e. The van der Waals surface area contributed by atoms with Gasteiger partial charge < -0.3 is 20.2 Å². The molecule has 0 bridgehead atoms. The van der Waals surface area contributed by atoms with Crippen LogP contribution in [0.1, 0.15) is 40.7 Å². The van der Waals surface area contributed by atoms with E-state index in [1.54, 1.807) is 12.1 Å². The van der Waals surface area contributed by atoms with Gasteiger partial charge in [-0.05, 0) is 30.2 Å². The summed E-state index contributed by atoms with van der Waals surface area (Å²) in [5, 5.41) is 2.95. The minimum absolute atomic E-state index is 0.0560. The lowest BCUT2D eigenvalue weighted by molar-refractivity contribution is -0.167. The highest BCUT2D eigenvalue weighted by atomic mass is 16.7. The van der Waals surface area contributed by atoms with Crippen LogP contribution in [0.4, 0.5) is 0 Å². The van der Waals surface area contributed by atoms with Crippen LogP contribution in [0.25, 0.3) is 0 Å². The van der Waals surface area contributed by atoms with Crippen molar-refractivity contribution in [3.63, 3.8) is 0 Å². The Kier molecular flexibility index (Phi) is 6.90. The number of carbonyl (C=O) groups excluding carboxylic acids is 3. The quantitative estimate of drug-likeness (QED) is 0.242. The van der Waals surface area contributed by atoms with Gasteiger partial charge in [0, 0.05) is 12.1 Å². The summed E-state index contributed by atoms with van der Waals surface area (Å²) in [6.45, 7) is 1.62. The van der Waals surface area contributed by atoms with Gasteiger partial charge in [0.25, 0.3) is 0 Å². The summed E-state index contributed by atoms with van der Waals surface area (Å²) in [4.78, 5) is 40.9. The Bertz CT molecular complexity index is 1160. The number of nitrogens with one attached hydrogen (secondary N) is 2. The second-order valence-electron chi connectivity index (χ2n) is 8.49. The van der Waals surface area contributed by atoms with Gasteiger partial charge in [0.2, 0.25) is 18.0 Å². The summed E-state index contributed by atoms with van der Waals surface area (Å²) in [5.74, 6) is -1.88. The molecular formula is C26H27N3O5. The van der Waals surface area contributed by atoms with Crippen LogP contribution in [-0.2, 0) is 32.1 Å². The van der Waals surface area contributed by atoms with Gasteiger partial charge in [-0.1, -0.05) is 60.7 Å². The van der Waals surface area contributed by atoms with Crippen LogP contribution in [0.3, 0.4) is 0 Å². The number of rotatable bonds is 10. The van der Waals surface area contributed by atoms with E-state index in [9.17, 15) is 14.4 Å². The second kappa shape index (κ2) is 10.0. The van der Waals surface area contributed by atoms with Gasteiger partial charge >= 0.3 is 5.97 Å². The van der Waals surface area contributed by atoms with E-state index in [0.29, 0.717) is 6.42 Å². The summed E-state index contributed by atoms with van der Waals surface area (Å²) in [6, 6.07) is 21.9. The Labute approximate surface area is 197 Å². The molecule has 1 amide bonds. The van der Waals surface area contributed by atoms with Crippen LogP contribution in [0, 0.1) is 0 Å². The summed E-state index contributed by atoms with van der Waals surface area (Å²) in [5.41, 5.74) is 6.93. The van der Waals surface area contributed by atoms with Crippen molar-refractivity contribution in [1.82, 2.24) is 10.3 Å². The minimum Gasteiger partial charge on any atom is -0.434 e. The fourth-order valence-electron chi connectivity index (χ4n) is 3.94. The standard InChI is InChI=1S/C26H27N3O5/c1-26(25(27)32,23(31)20-13-12-19(28-20)14-17-8-4-2-5-9-17)29-21-15-22(30)34-24(21)33-16-18-10-6-3-7-11-18/h2-13,21,24,28-29H,14-16H2,1H3,(H2,27,32)/t21?,24?,26-/m1/s1. The third-order valence-electron chi connectivity index (χ3n) is 5.87. The Balaban J connectivity index is 1.48. The van der Waals surface area contributed by atoms with E-state index in [2.05, 4.69) is 10.3 Å². The Hall–Kier alpha value is -3.75. The molecule has 1 aliphatic heterocycles. The first-order valence-electron chi connectivity index (χ1n) is 11.0. The molecule has 1 saturated heterocycles. The van der Waals surface area contributed by atoms with E-state index in [1.807, 2.05) is 60.7 Å². The molecule has 3 atom stereocenters. The molecule has 8 heteroatoms. The number of amides is 1. The highest BCUT2D eigenvalue weighted by Gasteiger charge is 2.47. The Morgan fingerprint density at radius 2 is 1.71 bits per heavy atom. The number of aromatic amines is 1. The van der Waals surface area contributed by atoms with Crippen LogP contribution in [0.5, 0.6) is 0 Å². The third kappa shape index (κ3) is 5.24. The maximum absolute atomic E-state index is 13.4. The number of primary amides is 1. The van der Waals surface area contributed by atoms with E-state index >= 15 is 0 Å². The molecule has 1 fully saturated rings. The number of aromatic nitrogens is 1. The van der Waals surface area contributed by atoms with Gasteiger partial charge in [-0.2, -0.15) is 0 Å². The van der Waals surface area contributed by atoms with E-state index in [-0.39, 0.29) is 18.7 Å². The molecule has 8 nitrogen and oxygen atoms in total. The molecular weight excluding hydrogens is 434 g/mol. The van der Waals surface area contributed by atoms with E-state index in [1.165, 1.54) is 6.92 Å². The van der Waals surface area contributed by atoms with Crippen molar-refractivity contribution in [1.29, 1.82) is 0 Å². The molecule has 176 valence electrons. The molecule has 2 unspecified atom stereocenters. The molecule has 0 aliphatic carbocycles. The smallest absolute Gasteiger partial charge is 0.309 e. The van der Waals surface area contributed by atoms with Gasteiger partial charge in [0.1, 0.15) is 0 Å². The number of nitrogens with two attached hydrogens (primary N) is 1. The maximum atomic E-state index is 13.4. The number of ether oxygens (including phenoxy) is 2. The second-order valence-corrected chi connectivity index (χ2v) is 8.49. The van der Waals surface area contributed by atoms with Crippen LogP contribution in [0.15, 0.2) is 72.8 Å². The van der Waals surface area contributed by atoms with Crippen LogP contribution in [-0.4, -0.2) is 40.5 Å². The number of hydrogen-bond acceptors (Lipinski definition) is 6. The van der Waals surface area contributed by atoms with Crippen molar-refractivity contribution in [3.05, 3.63) is 95.3 Å². The molecule has 34 heavy (non-hydrogen) atoms. The first-order chi connectivity index (χ1) is 16.3. The first kappa shape index (κ1) is 23.4. The number of Topliss-reactive ketones (excluding diaryl/α,β-unsaturated/α-hetero) is 1. The average molecular weight is 462 g/mol. The van der Waals surface area contributed by atoms with Crippen molar-refractivity contribution in [3.8, 4) is 0 Å². The van der Waals surface area contributed by atoms with Crippen LogP contribution in [0.2, 0.25) is 0 Å². The highest BCUT2D eigenvalue weighted by Crippen LogP contribution is 2.23. The molecule has 0 radical (unpaired) electrons. The van der Waals surface area contributed by atoms with Crippen LogP contribution >= 0.6 is 0 Å². The lowest BCUT2D eigenvalue weighted by atomic mass is 9.91. The summed E-state index contributed by atoms with van der Waals surface area (Å²) < 4.78 is 11.1. The number of ketones is 1. The predicted octanol–water partition coefficient (Wildman–Crippen LogP) is 2.48. The molecule has 2 aromatic carbocycles. The van der Waals surface area contributed by atoms with Crippen molar-refractivity contribution >= 4 is 17.7 Å². The molecule has 1 aromatic heterocycles. The number of hydrogen-bond donors (Lipinski definition) is 3. The van der Waals surface area contributed by atoms with Crippen LogP contribution < -0.4 is 11.1 Å². The maximum Gasteiger partial charge on any atom is 0.309 e. The van der Waals surface area contributed by atoms with Crippen molar-refractivity contribution in [2.45, 2.75) is 44.2 Å². The minimum atomic E-state index is -1.78. The van der Waals surface area contributed by atoms with Gasteiger partial charge in [-0.15, -0.1) is 0 Å². The molecule has 2 heterocycles. The van der Waals surface area contributed by atoms with E-state index in [0.717, 1.165) is 16.8 Å². The molecule has 0 spiro atoms. The SMILES string of the molecule is C[C@](NC1CC(=O)OC1OCc1ccccc1)(C(N)=O)C(=O)c1ccc(Cc2ccccc2)[nH]1.